The highest BCUT2D eigenvalue weighted by Crippen LogP contribution is 2.39. The van der Waals surface area contributed by atoms with E-state index in [0.717, 1.165) is 0 Å². The molecule has 2 aromatic carbocycles. The summed E-state index contributed by atoms with van der Waals surface area (Å²) in [7, 11) is 0. The molecular weight excluding hydrogens is 398 g/mol. The second-order valence-electron chi connectivity index (χ2n) is 6.67. The number of hydrazone groups is 1. The number of carbonyl (C=O) groups is 2. The van der Waals surface area contributed by atoms with Gasteiger partial charge >= 0.3 is 5.97 Å². The number of hydrogen-bond acceptors (Lipinski definition) is 9. The number of nitrogens with zero attached hydrogens (tertiary/aromatic N) is 4. The zero-order chi connectivity index (χ0) is 22.3. The summed E-state index contributed by atoms with van der Waals surface area (Å²) in [5, 5.41) is 14.2. The zero-order valence-corrected chi connectivity index (χ0v) is 17.7. The molecule has 3 rings (SSSR count). The van der Waals surface area contributed by atoms with Gasteiger partial charge in [-0.05, 0) is 39.0 Å². The van der Waals surface area contributed by atoms with Gasteiger partial charge in [-0.15, -0.1) is 5.11 Å². The van der Waals surface area contributed by atoms with Crippen molar-refractivity contribution in [2.24, 2.45) is 15.4 Å². The molecule has 0 fully saturated rings. The molecule has 1 heterocycles. The molecule has 0 amide bonds. The van der Waals surface area contributed by atoms with Gasteiger partial charge in [-0.3, -0.25) is 15.0 Å². The summed E-state index contributed by atoms with van der Waals surface area (Å²) in [6.07, 6.45) is 1.52. The van der Waals surface area contributed by atoms with E-state index in [4.69, 9.17) is 9.47 Å². The highest BCUT2D eigenvalue weighted by Gasteiger charge is 2.44. The summed E-state index contributed by atoms with van der Waals surface area (Å²) in [5.41, 5.74) is 3.97. The van der Waals surface area contributed by atoms with Gasteiger partial charge in [-0.2, -0.15) is 5.10 Å². The van der Waals surface area contributed by atoms with Crippen LogP contribution in [-0.4, -0.2) is 42.7 Å². The Balaban J connectivity index is 2.00. The summed E-state index contributed by atoms with van der Waals surface area (Å²) < 4.78 is 11.2. The van der Waals surface area contributed by atoms with Crippen LogP contribution in [0.2, 0.25) is 0 Å². The van der Waals surface area contributed by atoms with Gasteiger partial charge in [0.05, 0.1) is 24.2 Å². The predicted octanol–water partition coefficient (Wildman–Crippen LogP) is 4.05. The molecule has 0 aliphatic carbocycles. The number of rotatable bonds is 9. The van der Waals surface area contributed by atoms with Crippen LogP contribution in [0.25, 0.3) is 0 Å². The SMILES string of the molecule is CCOC(=O)CN1N=Nc2ccccc2C1(/C=N/Nc1ccccc1C(C)=O)OCC. The molecular formula is C22H25N5O4. The molecule has 1 unspecified atom stereocenters. The van der Waals surface area contributed by atoms with Gasteiger partial charge in [-0.1, -0.05) is 35.6 Å². The van der Waals surface area contributed by atoms with Gasteiger partial charge in [0.15, 0.2) is 5.78 Å². The predicted molar refractivity (Wildman–Crippen MR) is 116 cm³/mol. The molecule has 0 saturated heterocycles. The van der Waals surface area contributed by atoms with Gasteiger partial charge in [0.25, 0.3) is 0 Å². The third-order valence-electron chi connectivity index (χ3n) is 4.61. The highest BCUT2D eigenvalue weighted by molar-refractivity contribution is 5.99. The molecule has 31 heavy (non-hydrogen) atoms. The molecule has 9 nitrogen and oxygen atoms in total. The second kappa shape index (κ2) is 9.94. The van der Waals surface area contributed by atoms with Crippen molar-refractivity contribution in [2.75, 3.05) is 25.2 Å². The van der Waals surface area contributed by atoms with Crippen molar-refractivity contribution < 1.29 is 19.1 Å². The number of esters is 1. The maximum atomic E-state index is 12.2. The smallest absolute Gasteiger partial charge is 0.327 e. The van der Waals surface area contributed by atoms with Crippen molar-refractivity contribution in [1.82, 2.24) is 5.01 Å². The number of hydrogen-bond donors (Lipinski definition) is 1. The van der Waals surface area contributed by atoms with Crippen LogP contribution in [-0.2, 0) is 20.0 Å². The Kier molecular flexibility index (Phi) is 7.09. The number of Topliss-reactive ketones (excluding diaryl/α,β-unsaturated/α-hetero) is 1. The molecule has 0 saturated carbocycles. The Hall–Kier alpha value is -3.59. The maximum absolute atomic E-state index is 12.2. The molecule has 0 spiro atoms. The Labute approximate surface area is 180 Å². The number of anilines is 1. The average Bonchev–Trinajstić information content (AvgIpc) is 2.76. The van der Waals surface area contributed by atoms with E-state index >= 15 is 0 Å². The van der Waals surface area contributed by atoms with E-state index in [9.17, 15) is 9.59 Å². The average molecular weight is 423 g/mol. The number of benzene rings is 2. The molecule has 0 aromatic heterocycles. The molecule has 1 atom stereocenters. The summed E-state index contributed by atoms with van der Waals surface area (Å²) in [6.45, 7) is 5.45. The van der Waals surface area contributed by atoms with E-state index in [0.29, 0.717) is 29.1 Å². The van der Waals surface area contributed by atoms with Crippen molar-refractivity contribution in [1.29, 1.82) is 0 Å². The van der Waals surface area contributed by atoms with Crippen LogP contribution in [0.5, 0.6) is 0 Å². The topological polar surface area (TPSA) is 105 Å². The lowest BCUT2D eigenvalue weighted by Crippen LogP contribution is -2.50. The Morgan fingerprint density at radius 1 is 1.13 bits per heavy atom. The van der Waals surface area contributed by atoms with Crippen LogP contribution in [0.1, 0.15) is 36.7 Å². The van der Waals surface area contributed by atoms with Gasteiger partial charge in [0.2, 0.25) is 5.72 Å². The molecule has 0 bridgehead atoms. The Bertz CT molecular complexity index is 1010. The molecule has 1 aliphatic rings. The van der Waals surface area contributed by atoms with E-state index < -0.39 is 11.7 Å². The van der Waals surface area contributed by atoms with Gasteiger partial charge < -0.3 is 9.47 Å². The first-order chi connectivity index (χ1) is 15.0. The van der Waals surface area contributed by atoms with Crippen molar-refractivity contribution in [3.05, 3.63) is 59.7 Å². The molecule has 162 valence electrons. The summed E-state index contributed by atoms with van der Waals surface area (Å²) in [5.74, 6) is -0.549. The largest absolute Gasteiger partial charge is 0.465 e. The van der Waals surface area contributed by atoms with Crippen LogP contribution < -0.4 is 5.43 Å². The van der Waals surface area contributed by atoms with Gasteiger partial charge in [-0.25, -0.2) is 5.01 Å². The van der Waals surface area contributed by atoms with Crippen molar-refractivity contribution in [3.63, 3.8) is 0 Å². The number of para-hydroxylation sites is 1. The van der Waals surface area contributed by atoms with Crippen molar-refractivity contribution in [2.45, 2.75) is 26.5 Å². The van der Waals surface area contributed by atoms with E-state index in [1.165, 1.54) is 18.1 Å². The molecule has 0 radical (unpaired) electrons. The first-order valence-corrected chi connectivity index (χ1v) is 10.0. The third kappa shape index (κ3) is 4.77. The summed E-state index contributed by atoms with van der Waals surface area (Å²) >= 11 is 0. The number of ketones is 1. The third-order valence-corrected chi connectivity index (χ3v) is 4.61. The Morgan fingerprint density at radius 2 is 1.87 bits per heavy atom. The first-order valence-electron chi connectivity index (χ1n) is 10.0. The van der Waals surface area contributed by atoms with E-state index in [1.54, 1.807) is 37.3 Å². The summed E-state index contributed by atoms with van der Waals surface area (Å²) in [6, 6.07) is 14.4. The minimum Gasteiger partial charge on any atom is -0.465 e. The standard InChI is InChI=1S/C22H25N5O4/c1-4-30-21(29)14-27-22(31-5-2,18-11-7-9-13-20(18)25-26-27)15-23-24-19-12-8-6-10-17(19)16(3)28/h6-13,15,24H,4-5,14H2,1-3H3/b23-15+. The maximum Gasteiger partial charge on any atom is 0.327 e. The lowest BCUT2D eigenvalue weighted by Gasteiger charge is -2.40. The van der Waals surface area contributed by atoms with Crippen LogP contribution in [0.4, 0.5) is 11.4 Å². The monoisotopic (exact) mass is 423 g/mol. The quantitative estimate of drug-likeness (QED) is 0.282. The van der Waals surface area contributed by atoms with E-state index in [1.807, 2.05) is 25.1 Å². The number of fused-ring (bicyclic) bond motifs is 1. The second-order valence-corrected chi connectivity index (χ2v) is 6.67. The van der Waals surface area contributed by atoms with Crippen LogP contribution in [0.3, 0.4) is 0 Å². The molecule has 2 aromatic rings. The fraction of sp³-hybridized carbons (Fsp3) is 0.318. The molecule has 1 aliphatic heterocycles. The van der Waals surface area contributed by atoms with E-state index in [2.05, 4.69) is 20.9 Å². The van der Waals surface area contributed by atoms with Crippen molar-refractivity contribution >= 4 is 29.3 Å². The van der Waals surface area contributed by atoms with Crippen LogP contribution >= 0.6 is 0 Å². The van der Waals surface area contributed by atoms with Crippen LogP contribution in [0, 0.1) is 0 Å². The zero-order valence-electron chi connectivity index (χ0n) is 17.7. The number of nitrogens with one attached hydrogen (secondary N) is 1. The normalized spacial score (nSPS) is 17.5. The lowest BCUT2D eigenvalue weighted by molar-refractivity contribution is -0.157. The molecule has 9 heteroatoms. The first kappa shape index (κ1) is 22.1. The minimum absolute atomic E-state index is 0.0847. The number of ether oxygens (including phenoxy) is 2. The molecule has 1 N–H and O–H groups in total. The fourth-order valence-electron chi connectivity index (χ4n) is 3.27. The highest BCUT2D eigenvalue weighted by atomic mass is 16.5. The lowest BCUT2D eigenvalue weighted by atomic mass is 10.00. The minimum atomic E-state index is -1.29. The van der Waals surface area contributed by atoms with Gasteiger partial charge in [0, 0.05) is 17.7 Å². The Morgan fingerprint density at radius 3 is 2.61 bits per heavy atom. The van der Waals surface area contributed by atoms with E-state index in [-0.39, 0.29) is 18.9 Å². The summed E-state index contributed by atoms with van der Waals surface area (Å²) in [4.78, 5) is 24.1. The van der Waals surface area contributed by atoms with Crippen molar-refractivity contribution in [3.8, 4) is 0 Å². The fourth-order valence-corrected chi connectivity index (χ4v) is 3.27. The van der Waals surface area contributed by atoms with Gasteiger partial charge in [0.1, 0.15) is 6.54 Å². The van der Waals surface area contributed by atoms with Crippen LogP contribution in [0.15, 0.2) is 64.0 Å². The number of carbonyl (C=O) groups excluding carboxylic acids is 2.